The van der Waals surface area contributed by atoms with E-state index < -0.39 is 24.7 Å². The number of hydrogen-bond acceptors (Lipinski definition) is 7. The van der Waals surface area contributed by atoms with E-state index in [1.807, 2.05) is 0 Å². The molecule has 1 saturated heterocycles. The van der Waals surface area contributed by atoms with Gasteiger partial charge in [-0.3, -0.25) is 14.3 Å². The Labute approximate surface area is 213 Å². The molecule has 1 fully saturated rings. The van der Waals surface area contributed by atoms with Gasteiger partial charge >= 0.3 is 12.7 Å². The number of anilines is 1. The molecule has 0 radical (unpaired) electrons. The molecule has 3 rings (SSSR count). The molecular weight excluding hydrogens is 492 g/mol. The number of carbonyl (C=O) groups is 3. The number of carbonyl (C=O) groups excluding carboxylic acids is 3. The van der Waals surface area contributed by atoms with Crippen molar-refractivity contribution < 1.29 is 37.4 Å². The maximum absolute atomic E-state index is 13.0. The van der Waals surface area contributed by atoms with E-state index in [1.165, 1.54) is 22.9 Å². The van der Waals surface area contributed by atoms with Crippen LogP contribution >= 0.6 is 0 Å². The average molecular weight is 524 g/mol. The van der Waals surface area contributed by atoms with Gasteiger partial charge in [-0.25, -0.2) is 4.79 Å². The Hall–Kier alpha value is -3.90. The Morgan fingerprint density at radius 3 is 2.35 bits per heavy atom. The van der Waals surface area contributed by atoms with Gasteiger partial charge in [0.1, 0.15) is 6.04 Å². The minimum absolute atomic E-state index is 0.0186. The third kappa shape index (κ3) is 6.86. The number of nitrogens with one attached hydrogen (secondary N) is 1. The van der Waals surface area contributed by atoms with Crippen molar-refractivity contribution in [3.05, 3.63) is 35.7 Å². The maximum atomic E-state index is 13.0. The van der Waals surface area contributed by atoms with Crippen LogP contribution in [0.15, 0.2) is 24.4 Å². The van der Waals surface area contributed by atoms with Gasteiger partial charge in [0.05, 0.1) is 24.6 Å². The fourth-order valence-electron chi connectivity index (χ4n) is 3.81. The highest BCUT2D eigenvalue weighted by atomic mass is 19.3. The predicted octanol–water partition coefficient (Wildman–Crippen LogP) is 3.31. The van der Waals surface area contributed by atoms with Gasteiger partial charge in [0.2, 0.25) is 5.91 Å². The van der Waals surface area contributed by atoms with Gasteiger partial charge in [-0.1, -0.05) is 0 Å². The lowest BCUT2D eigenvalue weighted by Crippen LogP contribution is -2.52. The Balaban J connectivity index is 1.66. The number of benzene rings is 1. The van der Waals surface area contributed by atoms with E-state index in [9.17, 15) is 23.2 Å². The summed E-state index contributed by atoms with van der Waals surface area (Å²) in [4.78, 5) is 41.0. The molecular formula is C24H31F2N5O6. The lowest BCUT2D eigenvalue weighted by Gasteiger charge is -2.35. The summed E-state index contributed by atoms with van der Waals surface area (Å²) in [5.41, 5.74) is 1.05. The summed E-state index contributed by atoms with van der Waals surface area (Å²) in [6.45, 7) is 5.77. The van der Waals surface area contributed by atoms with Gasteiger partial charge < -0.3 is 29.3 Å². The van der Waals surface area contributed by atoms with Crippen molar-refractivity contribution in [1.82, 2.24) is 19.6 Å². The van der Waals surface area contributed by atoms with Gasteiger partial charge in [0, 0.05) is 37.9 Å². The highest BCUT2D eigenvalue weighted by molar-refractivity contribution is 6.05. The van der Waals surface area contributed by atoms with Crippen LogP contribution in [0.1, 0.15) is 42.9 Å². The normalized spacial score (nSPS) is 14.4. The molecule has 1 aromatic carbocycles. The third-order valence-corrected chi connectivity index (χ3v) is 5.76. The van der Waals surface area contributed by atoms with Gasteiger partial charge in [0.25, 0.3) is 5.91 Å². The maximum Gasteiger partial charge on any atom is 0.409 e. The number of aromatic nitrogens is 2. The number of rotatable bonds is 9. The molecule has 13 heteroatoms. The summed E-state index contributed by atoms with van der Waals surface area (Å²) < 4.78 is 41.5. The Morgan fingerprint density at radius 1 is 1.05 bits per heavy atom. The first kappa shape index (κ1) is 27.7. The molecule has 202 valence electrons. The van der Waals surface area contributed by atoms with E-state index in [-0.39, 0.29) is 29.6 Å². The van der Waals surface area contributed by atoms with Crippen LogP contribution in [-0.4, -0.2) is 83.5 Å². The highest BCUT2D eigenvalue weighted by Crippen LogP contribution is 2.30. The number of nitrogens with zero attached hydrogens (tertiary/aromatic N) is 4. The molecule has 3 amide bonds. The van der Waals surface area contributed by atoms with Crippen molar-refractivity contribution in [1.29, 1.82) is 0 Å². The average Bonchev–Trinajstić information content (AvgIpc) is 3.24. The van der Waals surface area contributed by atoms with Crippen LogP contribution in [0, 0.1) is 6.92 Å². The lowest BCUT2D eigenvalue weighted by molar-refractivity contribution is -0.136. The van der Waals surface area contributed by atoms with E-state index in [2.05, 4.69) is 15.2 Å². The van der Waals surface area contributed by atoms with Gasteiger partial charge in [0.15, 0.2) is 11.5 Å². The lowest BCUT2D eigenvalue weighted by atomic mass is 10.2. The zero-order chi connectivity index (χ0) is 27.1. The molecule has 1 atom stereocenters. The molecule has 0 aliphatic carbocycles. The monoisotopic (exact) mass is 523 g/mol. The quantitative estimate of drug-likeness (QED) is 0.536. The number of halogens is 2. The largest absolute Gasteiger partial charge is 0.490 e. The van der Waals surface area contributed by atoms with Crippen molar-refractivity contribution in [3.8, 4) is 11.5 Å². The van der Waals surface area contributed by atoms with Crippen LogP contribution in [0.2, 0.25) is 0 Å². The predicted molar refractivity (Wildman–Crippen MR) is 129 cm³/mol. The molecule has 0 saturated carbocycles. The fraction of sp³-hybridized carbons (Fsp3) is 0.500. The van der Waals surface area contributed by atoms with Crippen LogP contribution in [0.4, 0.5) is 19.3 Å². The molecule has 1 aromatic heterocycles. The number of aryl methyl sites for hydroxylation is 1. The van der Waals surface area contributed by atoms with Crippen LogP contribution in [0.5, 0.6) is 11.5 Å². The van der Waals surface area contributed by atoms with Crippen LogP contribution in [0.3, 0.4) is 0 Å². The highest BCUT2D eigenvalue weighted by Gasteiger charge is 2.29. The van der Waals surface area contributed by atoms with Crippen molar-refractivity contribution in [2.24, 2.45) is 0 Å². The summed E-state index contributed by atoms with van der Waals surface area (Å²) in [6, 6.07) is 3.26. The topological polar surface area (TPSA) is 115 Å². The first-order valence-electron chi connectivity index (χ1n) is 11.9. The molecule has 1 N–H and O–H groups in total. The summed E-state index contributed by atoms with van der Waals surface area (Å²) in [5.74, 6) is -0.834. The summed E-state index contributed by atoms with van der Waals surface area (Å²) >= 11 is 0. The zero-order valence-corrected chi connectivity index (χ0v) is 21.2. The van der Waals surface area contributed by atoms with Crippen LogP contribution in [-0.2, 0) is 9.53 Å². The van der Waals surface area contributed by atoms with Gasteiger partial charge in [-0.05, 0) is 45.9 Å². The smallest absolute Gasteiger partial charge is 0.409 e. The fourth-order valence-corrected chi connectivity index (χ4v) is 3.81. The molecule has 1 unspecified atom stereocenters. The molecule has 0 bridgehead atoms. The van der Waals surface area contributed by atoms with Crippen LogP contribution < -0.4 is 14.8 Å². The molecule has 11 nitrogen and oxygen atoms in total. The summed E-state index contributed by atoms with van der Waals surface area (Å²) in [5, 5.41) is 7.11. The summed E-state index contributed by atoms with van der Waals surface area (Å²) in [7, 11) is 0. The molecule has 2 aromatic rings. The third-order valence-electron chi connectivity index (χ3n) is 5.76. The van der Waals surface area contributed by atoms with E-state index in [0.29, 0.717) is 44.2 Å². The number of piperazine rings is 1. The SMILES string of the molecule is CCOC(=O)N1CCN(C(=O)C(C)n2cc(NC(=O)c3ccc(OC(F)F)c(OCC)c3)c(C)n2)CC1. The first-order valence-corrected chi connectivity index (χ1v) is 11.9. The van der Waals surface area contributed by atoms with Gasteiger partial charge in [-0.2, -0.15) is 13.9 Å². The van der Waals surface area contributed by atoms with Crippen molar-refractivity contribution in [3.63, 3.8) is 0 Å². The zero-order valence-electron chi connectivity index (χ0n) is 21.2. The van der Waals surface area contributed by atoms with E-state index in [0.717, 1.165) is 0 Å². The summed E-state index contributed by atoms with van der Waals surface area (Å²) in [6.07, 6.45) is 1.16. The van der Waals surface area contributed by atoms with Crippen molar-refractivity contribution in [2.75, 3.05) is 44.7 Å². The first-order chi connectivity index (χ1) is 17.6. The second-order valence-corrected chi connectivity index (χ2v) is 8.22. The standard InChI is InChI=1S/C24H31F2N5O6/c1-5-35-20-13-17(7-8-19(20)37-23(25)26)21(32)27-18-14-31(28-15(18)3)16(4)22(33)29-9-11-30(12-10-29)24(34)36-6-2/h7-8,13-14,16,23H,5-6,9-12H2,1-4H3,(H,27,32). The molecule has 1 aliphatic heterocycles. The number of hydrogen-bond donors (Lipinski definition) is 1. The second kappa shape index (κ2) is 12.4. The van der Waals surface area contributed by atoms with Crippen LogP contribution in [0.25, 0.3) is 0 Å². The van der Waals surface area contributed by atoms with E-state index in [4.69, 9.17) is 9.47 Å². The molecule has 1 aliphatic rings. The molecule has 37 heavy (non-hydrogen) atoms. The Kier molecular flexibility index (Phi) is 9.25. The number of alkyl halides is 2. The van der Waals surface area contributed by atoms with Crippen molar-refractivity contribution in [2.45, 2.75) is 40.3 Å². The van der Waals surface area contributed by atoms with E-state index in [1.54, 1.807) is 43.7 Å². The number of ether oxygens (including phenoxy) is 3. The minimum atomic E-state index is -3.03. The second-order valence-electron chi connectivity index (χ2n) is 8.22. The molecule has 0 spiro atoms. The van der Waals surface area contributed by atoms with Gasteiger partial charge in [-0.15, -0.1) is 0 Å². The molecule has 2 heterocycles. The Morgan fingerprint density at radius 2 is 1.73 bits per heavy atom. The number of amides is 3. The van der Waals surface area contributed by atoms with Crippen molar-refractivity contribution >= 4 is 23.6 Å². The minimum Gasteiger partial charge on any atom is -0.490 e. The Bertz CT molecular complexity index is 1120. The van der Waals surface area contributed by atoms with E-state index >= 15 is 0 Å².